The number of nitrogens with zero attached hydrogens (tertiary/aromatic N) is 2. The van der Waals surface area contributed by atoms with E-state index in [1.54, 1.807) is 0 Å². The maximum absolute atomic E-state index is 5.28. The molecule has 1 heterocycles. The number of anilines is 1. The molecule has 1 aliphatic rings. The van der Waals surface area contributed by atoms with Gasteiger partial charge in [-0.05, 0) is 25.5 Å². The molecule has 1 aromatic carbocycles. The highest BCUT2D eigenvalue weighted by Gasteiger charge is 2.33. The summed E-state index contributed by atoms with van der Waals surface area (Å²) in [5, 5.41) is 6.78. The van der Waals surface area contributed by atoms with Gasteiger partial charge in [0, 0.05) is 44.3 Å². The van der Waals surface area contributed by atoms with Gasteiger partial charge in [0.1, 0.15) is 0 Å². The smallest absolute Gasteiger partial charge is 0.191 e. The second kappa shape index (κ2) is 8.77. The molecule has 1 fully saturated rings. The molecule has 1 saturated heterocycles. The third kappa shape index (κ3) is 5.43. The predicted molar refractivity (Wildman–Crippen MR) is 97.2 cm³/mol. The highest BCUT2D eigenvalue weighted by Crippen LogP contribution is 2.24. The molecule has 23 heavy (non-hydrogen) atoms. The van der Waals surface area contributed by atoms with Crippen LogP contribution in [0.15, 0.2) is 35.3 Å². The van der Waals surface area contributed by atoms with E-state index in [1.807, 2.05) is 7.05 Å². The summed E-state index contributed by atoms with van der Waals surface area (Å²) in [6.45, 7) is 9.97. The lowest BCUT2D eigenvalue weighted by Crippen LogP contribution is -2.51. The molecule has 0 amide bonds. The molecule has 0 bridgehead atoms. The Hall–Kier alpha value is -1.75. The van der Waals surface area contributed by atoms with Crippen molar-refractivity contribution < 1.29 is 4.74 Å². The van der Waals surface area contributed by atoms with Crippen LogP contribution in [0.25, 0.3) is 0 Å². The van der Waals surface area contributed by atoms with E-state index < -0.39 is 0 Å². The highest BCUT2D eigenvalue weighted by molar-refractivity contribution is 5.79. The molecule has 0 aliphatic carbocycles. The van der Waals surface area contributed by atoms with Gasteiger partial charge < -0.3 is 20.3 Å². The van der Waals surface area contributed by atoms with Gasteiger partial charge in [0.15, 0.2) is 5.96 Å². The van der Waals surface area contributed by atoms with Crippen molar-refractivity contribution >= 4 is 11.6 Å². The van der Waals surface area contributed by atoms with Gasteiger partial charge in [-0.3, -0.25) is 4.99 Å². The number of hydrogen-bond donors (Lipinski definition) is 2. The lowest BCUT2D eigenvalue weighted by Gasteiger charge is -2.38. The summed E-state index contributed by atoms with van der Waals surface area (Å²) in [6, 6.07) is 10.6. The average Bonchev–Trinajstić information content (AvgIpc) is 2.56. The molecule has 0 radical (unpaired) electrons. The van der Waals surface area contributed by atoms with Crippen molar-refractivity contribution in [1.29, 1.82) is 0 Å². The number of ether oxygens (including phenoxy) is 1. The van der Waals surface area contributed by atoms with E-state index in [1.165, 1.54) is 5.69 Å². The van der Waals surface area contributed by atoms with Crippen molar-refractivity contribution in [2.24, 2.45) is 10.4 Å². The third-order valence-electron chi connectivity index (χ3n) is 4.21. The summed E-state index contributed by atoms with van der Waals surface area (Å²) >= 11 is 0. The minimum atomic E-state index is 0.254. The Labute approximate surface area is 140 Å². The van der Waals surface area contributed by atoms with Gasteiger partial charge in [0.25, 0.3) is 0 Å². The molecule has 2 rings (SSSR count). The van der Waals surface area contributed by atoms with Crippen LogP contribution in [0.2, 0.25) is 0 Å². The van der Waals surface area contributed by atoms with E-state index in [-0.39, 0.29) is 5.41 Å². The summed E-state index contributed by atoms with van der Waals surface area (Å²) in [6.07, 6.45) is 1.07. The van der Waals surface area contributed by atoms with E-state index in [0.717, 1.165) is 51.8 Å². The number of rotatable bonds is 8. The van der Waals surface area contributed by atoms with Crippen LogP contribution in [0, 0.1) is 5.41 Å². The maximum Gasteiger partial charge on any atom is 0.191 e. The Morgan fingerprint density at radius 1 is 1.26 bits per heavy atom. The van der Waals surface area contributed by atoms with Gasteiger partial charge in [0.2, 0.25) is 0 Å². The monoisotopic (exact) mass is 318 g/mol. The minimum absolute atomic E-state index is 0.254. The number of benzene rings is 1. The molecule has 5 nitrogen and oxygen atoms in total. The maximum atomic E-state index is 5.28. The number of hydrogen-bond acceptors (Lipinski definition) is 3. The van der Waals surface area contributed by atoms with Crippen LogP contribution in [-0.4, -0.2) is 52.4 Å². The normalized spacial score (nSPS) is 16.6. The van der Waals surface area contributed by atoms with Crippen molar-refractivity contribution in [1.82, 2.24) is 10.6 Å². The molecule has 0 saturated carbocycles. The van der Waals surface area contributed by atoms with Gasteiger partial charge >= 0.3 is 0 Å². The molecule has 0 aromatic heterocycles. The lowest BCUT2D eigenvalue weighted by molar-refractivity contribution is -0.0971. The number of nitrogens with one attached hydrogen (secondary N) is 2. The Bertz CT molecular complexity index is 485. The first-order chi connectivity index (χ1) is 11.2. The fourth-order valence-electron chi connectivity index (χ4n) is 2.66. The molecule has 1 aromatic rings. The highest BCUT2D eigenvalue weighted by atomic mass is 16.5. The first-order valence-corrected chi connectivity index (χ1v) is 8.49. The largest absolute Gasteiger partial charge is 0.380 e. The van der Waals surface area contributed by atoms with E-state index >= 15 is 0 Å². The lowest BCUT2D eigenvalue weighted by atomic mass is 9.89. The fraction of sp³-hybridized carbons (Fsp3) is 0.611. The van der Waals surface area contributed by atoms with Gasteiger partial charge in [-0.25, -0.2) is 0 Å². The summed E-state index contributed by atoms with van der Waals surface area (Å²) < 4.78 is 5.28. The Morgan fingerprint density at radius 3 is 2.57 bits per heavy atom. The van der Waals surface area contributed by atoms with Gasteiger partial charge in [-0.15, -0.1) is 0 Å². The van der Waals surface area contributed by atoms with Crippen LogP contribution in [0.4, 0.5) is 5.69 Å². The van der Waals surface area contributed by atoms with Crippen molar-refractivity contribution in [2.75, 3.05) is 51.3 Å². The molecular weight excluding hydrogens is 288 g/mol. The zero-order valence-electron chi connectivity index (χ0n) is 14.6. The number of guanidine groups is 1. The van der Waals surface area contributed by atoms with E-state index in [0.29, 0.717) is 0 Å². The van der Waals surface area contributed by atoms with Crippen LogP contribution in [0.1, 0.15) is 20.3 Å². The zero-order valence-corrected chi connectivity index (χ0v) is 14.6. The number of aliphatic imine (C=N–C) groups is 1. The Balaban J connectivity index is 1.66. The van der Waals surface area contributed by atoms with Crippen LogP contribution in [-0.2, 0) is 4.74 Å². The second-order valence-electron chi connectivity index (χ2n) is 6.42. The topological polar surface area (TPSA) is 48.9 Å². The molecule has 2 N–H and O–H groups in total. The third-order valence-corrected chi connectivity index (χ3v) is 4.21. The summed E-state index contributed by atoms with van der Waals surface area (Å²) in [7, 11) is 1.82. The molecule has 0 unspecified atom stereocenters. The summed E-state index contributed by atoms with van der Waals surface area (Å²) in [4.78, 5) is 6.68. The first-order valence-electron chi connectivity index (χ1n) is 8.49. The Morgan fingerprint density at radius 2 is 2.00 bits per heavy atom. The fourth-order valence-corrected chi connectivity index (χ4v) is 2.66. The van der Waals surface area contributed by atoms with Crippen molar-refractivity contribution in [3.63, 3.8) is 0 Å². The van der Waals surface area contributed by atoms with E-state index in [9.17, 15) is 0 Å². The number of para-hydroxylation sites is 1. The van der Waals surface area contributed by atoms with Crippen LogP contribution in [0.5, 0.6) is 0 Å². The van der Waals surface area contributed by atoms with Crippen molar-refractivity contribution in [3.8, 4) is 0 Å². The van der Waals surface area contributed by atoms with Gasteiger partial charge in [-0.2, -0.15) is 0 Å². The predicted octanol–water partition coefficient (Wildman–Crippen LogP) is 2.10. The van der Waals surface area contributed by atoms with E-state index in [4.69, 9.17) is 4.74 Å². The van der Waals surface area contributed by atoms with Crippen LogP contribution < -0.4 is 15.5 Å². The molecular formula is C18H30N4O. The van der Waals surface area contributed by atoms with Crippen LogP contribution in [0.3, 0.4) is 0 Å². The molecule has 5 heteroatoms. The molecule has 1 aliphatic heterocycles. The quantitative estimate of drug-likeness (QED) is 0.438. The standard InChI is InChI=1S/C18H30N4O/c1-4-22(16-9-6-5-7-10-16)12-8-11-20-17(19-3)21-13-18(2)14-23-15-18/h5-7,9-10H,4,8,11-15H2,1-3H3,(H2,19,20,21). The SMILES string of the molecule is CCN(CCCNC(=NC)NCC1(C)COC1)c1ccccc1. The summed E-state index contributed by atoms with van der Waals surface area (Å²) in [5.41, 5.74) is 1.54. The molecule has 0 spiro atoms. The average molecular weight is 318 g/mol. The van der Waals surface area contributed by atoms with Crippen LogP contribution >= 0.6 is 0 Å². The van der Waals surface area contributed by atoms with Gasteiger partial charge in [-0.1, -0.05) is 25.1 Å². The summed E-state index contributed by atoms with van der Waals surface area (Å²) in [5.74, 6) is 0.876. The van der Waals surface area contributed by atoms with E-state index in [2.05, 4.69) is 64.7 Å². The first kappa shape index (κ1) is 17.6. The molecule has 0 atom stereocenters. The minimum Gasteiger partial charge on any atom is -0.380 e. The van der Waals surface area contributed by atoms with Gasteiger partial charge in [0.05, 0.1) is 13.2 Å². The van der Waals surface area contributed by atoms with Crippen molar-refractivity contribution in [3.05, 3.63) is 30.3 Å². The molecule has 128 valence electrons. The second-order valence-corrected chi connectivity index (χ2v) is 6.42. The van der Waals surface area contributed by atoms with Crippen molar-refractivity contribution in [2.45, 2.75) is 20.3 Å². The Kier molecular flexibility index (Phi) is 6.71. The zero-order chi connectivity index (χ0) is 16.5.